The number of hydrogen-bond donors (Lipinski definition) is 0. The highest BCUT2D eigenvalue weighted by molar-refractivity contribution is 5.69. The molecule has 0 saturated heterocycles. The first-order chi connectivity index (χ1) is 8.17. The van der Waals surface area contributed by atoms with Gasteiger partial charge in [-0.25, -0.2) is 4.98 Å². The summed E-state index contributed by atoms with van der Waals surface area (Å²) >= 11 is 0. The molecule has 0 saturated carbocycles. The zero-order valence-electron chi connectivity index (χ0n) is 10.8. The molecule has 0 radical (unpaired) electrons. The Morgan fingerprint density at radius 1 is 1.53 bits per heavy atom. The van der Waals surface area contributed by atoms with Crippen LogP contribution in [-0.4, -0.2) is 47.2 Å². The summed E-state index contributed by atoms with van der Waals surface area (Å²) in [6.45, 7) is 4.68. The minimum Gasteiger partial charge on any atom is -0.469 e. The van der Waals surface area contributed by atoms with Crippen LogP contribution in [0.4, 0.5) is 0 Å². The number of aryl methyl sites for hydroxylation is 1. The maximum atomic E-state index is 11.1. The third-order valence-electron chi connectivity index (χ3n) is 2.88. The lowest BCUT2D eigenvalue weighted by molar-refractivity contribution is -0.140. The number of rotatable bonds is 7. The molecule has 96 valence electrons. The average Bonchev–Trinajstić information content (AvgIpc) is 2.75. The van der Waals surface area contributed by atoms with E-state index >= 15 is 0 Å². The van der Waals surface area contributed by atoms with E-state index in [1.54, 1.807) is 6.20 Å². The highest BCUT2D eigenvalue weighted by Crippen LogP contribution is 1.99. The molecule has 1 aromatic rings. The summed E-state index contributed by atoms with van der Waals surface area (Å²) < 4.78 is 6.65. The molecule has 1 aromatic heterocycles. The lowest BCUT2D eigenvalue weighted by Gasteiger charge is -2.19. The molecule has 0 spiro atoms. The standard InChI is InChI=1S/C12H21N3O2/c1-4-15(9-6-12(16)17-3)8-5-11-13-7-10-14(11)2/h7,10H,4-6,8-9H2,1-3H3. The average molecular weight is 239 g/mol. The van der Waals surface area contributed by atoms with Gasteiger partial charge in [-0.2, -0.15) is 0 Å². The number of imidazole rings is 1. The molecule has 0 aliphatic carbocycles. The van der Waals surface area contributed by atoms with Crippen LogP contribution < -0.4 is 0 Å². The molecule has 0 aromatic carbocycles. The smallest absolute Gasteiger partial charge is 0.306 e. The van der Waals surface area contributed by atoms with Gasteiger partial charge in [-0.05, 0) is 6.54 Å². The van der Waals surface area contributed by atoms with Gasteiger partial charge in [0, 0.05) is 39.0 Å². The normalized spacial score (nSPS) is 10.8. The quantitative estimate of drug-likeness (QED) is 0.662. The van der Waals surface area contributed by atoms with Crippen molar-refractivity contribution in [2.24, 2.45) is 7.05 Å². The summed E-state index contributed by atoms with van der Waals surface area (Å²) in [5, 5.41) is 0. The van der Waals surface area contributed by atoms with Gasteiger partial charge >= 0.3 is 5.97 Å². The van der Waals surface area contributed by atoms with Crippen LogP contribution in [0.2, 0.25) is 0 Å². The van der Waals surface area contributed by atoms with Gasteiger partial charge in [0.2, 0.25) is 0 Å². The van der Waals surface area contributed by atoms with Crippen LogP contribution in [0.3, 0.4) is 0 Å². The van der Waals surface area contributed by atoms with Crippen molar-refractivity contribution in [2.75, 3.05) is 26.7 Å². The molecule has 0 fully saturated rings. The molecule has 0 unspecified atom stereocenters. The first-order valence-corrected chi connectivity index (χ1v) is 5.92. The fourth-order valence-electron chi connectivity index (χ4n) is 1.67. The Bertz CT molecular complexity index is 349. The van der Waals surface area contributed by atoms with E-state index in [9.17, 15) is 4.79 Å². The van der Waals surface area contributed by atoms with Crippen molar-refractivity contribution in [1.82, 2.24) is 14.5 Å². The minimum atomic E-state index is -0.152. The van der Waals surface area contributed by atoms with Crippen molar-refractivity contribution in [3.8, 4) is 0 Å². The Labute approximate surface area is 102 Å². The molecule has 0 bridgehead atoms. The maximum absolute atomic E-state index is 11.1. The molecule has 17 heavy (non-hydrogen) atoms. The van der Waals surface area contributed by atoms with Crippen LogP contribution in [0.15, 0.2) is 12.4 Å². The Balaban J connectivity index is 2.32. The second-order valence-electron chi connectivity index (χ2n) is 3.96. The number of carbonyl (C=O) groups is 1. The lowest BCUT2D eigenvalue weighted by atomic mass is 10.3. The van der Waals surface area contributed by atoms with E-state index in [0.29, 0.717) is 6.42 Å². The van der Waals surface area contributed by atoms with Crippen LogP contribution in [0.5, 0.6) is 0 Å². The maximum Gasteiger partial charge on any atom is 0.306 e. The molecule has 5 nitrogen and oxygen atoms in total. The summed E-state index contributed by atoms with van der Waals surface area (Å²) in [6, 6.07) is 0. The van der Waals surface area contributed by atoms with Crippen molar-refractivity contribution in [3.63, 3.8) is 0 Å². The van der Waals surface area contributed by atoms with Gasteiger partial charge in [0.15, 0.2) is 0 Å². The van der Waals surface area contributed by atoms with Gasteiger partial charge in [-0.1, -0.05) is 6.92 Å². The molecular weight excluding hydrogens is 218 g/mol. The zero-order chi connectivity index (χ0) is 12.7. The second-order valence-corrected chi connectivity index (χ2v) is 3.96. The Morgan fingerprint density at radius 2 is 2.29 bits per heavy atom. The predicted molar refractivity (Wildman–Crippen MR) is 65.7 cm³/mol. The highest BCUT2D eigenvalue weighted by atomic mass is 16.5. The third-order valence-corrected chi connectivity index (χ3v) is 2.88. The predicted octanol–water partition coefficient (Wildman–Crippen LogP) is 0.848. The molecule has 5 heteroatoms. The largest absolute Gasteiger partial charge is 0.469 e. The number of esters is 1. The highest BCUT2D eigenvalue weighted by Gasteiger charge is 2.08. The summed E-state index contributed by atoms with van der Waals surface area (Å²) in [5.41, 5.74) is 0. The molecule has 0 amide bonds. The van der Waals surface area contributed by atoms with Crippen molar-refractivity contribution < 1.29 is 9.53 Å². The minimum absolute atomic E-state index is 0.152. The van der Waals surface area contributed by atoms with Crippen LogP contribution in [0.1, 0.15) is 19.2 Å². The van der Waals surface area contributed by atoms with Gasteiger partial charge < -0.3 is 14.2 Å². The van der Waals surface area contributed by atoms with Gasteiger partial charge in [0.1, 0.15) is 5.82 Å². The number of aromatic nitrogens is 2. The molecule has 0 atom stereocenters. The molecule has 0 aliphatic heterocycles. The summed E-state index contributed by atoms with van der Waals surface area (Å²) in [5.74, 6) is 0.918. The zero-order valence-corrected chi connectivity index (χ0v) is 10.8. The van der Waals surface area contributed by atoms with Crippen molar-refractivity contribution in [1.29, 1.82) is 0 Å². The van der Waals surface area contributed by atoms with E-state index in [1.807, 2.05) is 17.8 Å². The van der Waals surface area contributed by atoms with Crippen LogP contribution in [0.25, 0.3) is 0 Å². The molecule has 1 rings (SSSR count). The fourth-order valence-corrected chi connectivity index (χ4v) is 1.67. The van der Waals surface area contributed by atoms with Crippen molar-refractivity contribution >= 4 is 5.97 Å². The van der Waals surface area contributed by atoms with E-state index in [1.165, 1.54) is 7.11 Å². The molecular formula is C12H21N3O2. The first kappa shape index (κ1) is 13.7. The van der Waals surface area contributed by atoms with Crippen LogP contribution in [0, 0.1) is 0 Å². The van der Waals surface area contributed by atoms with E-state index in [-0.39, 0.29) is 5.97 Å². The number of hydrogen-bond acceptors (Lipinski definition) is 4. The number of methoxy groups -OCH3 is 1. The van der Waals surface area contributed by atoms with Crippen molar-refractivity contribution in [2.45, 2.75) is 19.8 Å². The Kier molecular flexibility index (Phi) is 5.69. The number of ether oxygens (including phenoxy) is 1. The monoisotopic (exact) mass is 239 g/mol. The Hall–Kier alpha value is -1.36. The van der Waals surface area contributed by atoms with E-state index < -0.39 is 0 Å². The summed E-state index contributed by atoms with van der Waals surface area (Å²) in [7, 11) is 3.42. The topological polar surface area (TPSA) is 47.4 Å². The Morgan fingerprint density at radius 3 is 2.82 bits per heavy atom. The molecule has 1 heterocycles. The second kappa shape index (κ2) is 7.06. The van der Waals surface area contributed by atoms with Gasteiger partial charge in [0.25, 0.3) is 0 Å². The molecule has 0 aliphatic rings. The van der Waals surface area contributed by atoms with E-state index in [2.05, 4.69) is 21.5 Å². The number of likely N-dealkylation sites (N-methyl/N-ethyl adjacent to an activating group) is 1. The van der Waals surface area contributed by atoms with Crippen LogP contribution >= 0.6 is 0 Å². The van der Waals surface area contributed by atoms with E-state index in [0.717, 1.165) is 31.9 Å². The van der Waals surface area contributed by atoms with Gasteiger partial charge in [-0.15, -0.1) is 0 Å². The first-order valence-electron chi connectivity index (χ1n) is 5.92. The van der Waals surface area contributed by atoms with Crippen molar-refractivity contribution in [3.05, 3.63) is 18.2 Å². The van der Waals surface area contributed by atoms with Gasteiger partial charge in [-0.3, -0.25) is 4.79 Å². The van der Waals surface area contributed by atoms with Gasteiger partial charge in [0.05, 0.1) is 13.5 Å². The van der Waals surface area contributed by atoms with Crippen LogP contribution in [-0.2, 0) is 23.0 Å². The lowest BCUT2D eigenvalue weighted by Crippen LogP contribution is -2.29. The SMILES string of the molecule is CCN(CCC(=O)OC)CCc1nccn1C. The van der Waals surface area contributed by atoms with E-state index in [4.69, 9.17) is 0 Å². The summed E-state index contributed by atoms with van der Waals surface area (Å²) in [4.78, 5) is 17.6. The fraction of sp³-hybridized carbons (Fsp3) is 0.667. The number of carbonyl (C=O) groups excluding carboxylic acids is 1. The number of nitrogens with zero attached hydrogens (tertiary/aromatic N) is 3. The molecule has 0 N–H and O–H groups in total. The summed E-state index contributed by atoms with van der Waals surface area (Å²) in [6.07, 6.45) is 5.10. The third kappa shape index (κ3) is 4.56.